The van der Waals surface area contributed by atoms with Crippen molar-refractivity contribution in [2.75, 3.05) is 5.32 Å². The first-order chi connectivity index (χ1) is 9.87. The monoisotopic (exact) mass is 283 g/mol. The first kappa shape index (κ1) is 15.1. The summed E-state index contributed by atoms with van der Waals surface area (Å²) in [4.78, 5) is 11.9. The first-order valence-corrected chi connectivity index (χ1v) is 7.02. The summed E-state index contributed by atoms with van der Waals surface area (Å²) in [5, 5.41) is 2.82. The van der Waals surface area contributed by atoms with Crippen LogP contribution in [0.4, 0.5) is 10.5 Å². The van der Waals surface area contributed by atoms with Gasteiger partial charge in [-0.05, 0) is 50.5 Å². The molecule has 110 valence electrons. The van der Waals surface area contributed by atoms with Gasteiger partial charge < -0.3 is 4.74 Å². The van der Waals surface area contributed by atoms with E-state index in [0.717, 1.165) is 22.4 Å². The van der Waals surface area contributed by atoms with E-state index < -0.39 is 11.7 Å². The second-order valence-corrected chi connectivity index (χ2v) is 5.97. The van der Waals surface area contributed by atoms with Crippen LogP contribution in [0.25, 0.3) is 11.1 Å². The Balaban J connectivity index is 2.25. The molecule has 0 aliphatic heterocycles. The largest absolute Gasteiger partial charge is 0.444 e. The lowest BCUT2D eigenvalue weighted by molar-refractivity contribution is 0.0636. The number of nitrogens with one attached hydrogen (secondary N) is 1. The molecule has 0 aromatic heterocycles. The number of rotatable bonds is 2. The van der Waals surface area contributed by atoms with Gasteiger partial charge in [0.1, 0.15) is 5.60 Å². The van der Waals surface area contributed by atoms with Crippen molar-refractivity contribution < 1.29 is 9.53 Å². The lowest BCUT2D eigenvalue weighted by Gasteiger charge is -2.20. The number of benzene rings is 2. The van der Waals surface area contributed by atoms with Crippen LogP contribution in [0.5, 0.6) is 0 Å². The standard InChI is InChI=1S/C18H21NO2/c1-13-15(14-9-6-5-7-10-14)11-8-12-16(13)19-17(20)21-18(2,3)4/h5-12H,1-4H3,(H,19,20). The maximum absolute atomic E-state index is 11.9. The predicted molar refractivity (Wildman–Crippen MR) is 86.5 cm³/mol. The maximum Gasteiger partial charge on any atom is 0.412 e. The highest BCUT2D eigenvalue weighted by Gasteiger charge is 2.17. The Morgan fingerprint density at radius 3 is 2.29 bits per heavy atom. The minimum atomic E-state index is -0.505. The van der Waals surface area contributed by atoms with Crippen molar-refractivity contribution in [3.63, 3.8) is 0 Å². The summed E-state index contributed by atoms with van der Waals surface area (Å²) in [5.74, 6) is 0. The van der Waals surface area contributed by atoms with E-state index in [1.165, 1.54) is 0 Å². The molecule has 1 amide bonds. The molecular weight excluding hydrogens is 262 g/mol. The van der Waals surface area contributed by atoms with Crippen molar-refractivity contribution >= 4 is 11.8 Å². The molecule has 0 aliphatic rings. The quantitative estimate of drug-likeness (QED) is 0.841. The fourth-order valence-electron chi connectivity index (χ4n) is 2.12. The van der Waals surface area contributed by atoms with Gasteiger partial charge in [0.15, 0.2) is 0 Å². The summed E-state index contributed by atoms with van der Waals surface area (Å²) in [5.41, 5.74) is 3.52. The van der Waals surface area contributed by atoms with E-state index in [0.29, 0.717) is 0 Å². The van der Waals surface area contributed by atoms with Crippen LogP contribution in [0.1, 0.15) is 26.3 Å². The number of amides is 1. The summed E-state index contributed by atoms with van der Waals surface area (Å²) >= 11 is 0. The predicted octanol–water partition coefficient (Wildman–Crippen LogP) is 5.01. The van der Waals surface area contributed by atoms with E-state index in [-0.39, 0.29) is 0 Å². The van der Waals surface area contributed by atoms with Crippen molar-refractivity contribution in [2.45, 2.75) is 33.3 Å². The van der Waals surface area contributed by atoms with E-state index in [9.17, 15) is 4.79 Å². The Kier molecular flexibility index (Phi) is 4.32. The van der Waals surface area contributed by atoms with Crippen molar-refractivity contribution in [2.24, 2.45) is 0 Å². The number of ether oxygens (including phenoxy) is 1. The van der Waals surface area contributed by atoms with Crippen LogP contribution in [-0.2, 0) is 4.74 Å². The van der Waals surface area contributed by atoms with Gasteiger partial charge in [-0.1, -0.05) is 42.5 Å². The lowest BCUT2D eigenvalue weighted by atomic mass is 9.99. The Labute approximate surface area is 126 Å². The molecule has 2 aromatic carbocycles. The second-order valence-electron chi connectivity index (χ2n) is 5.97. The Morgan fingerprint density at radius 2 is 1.67 bits per heavy atom. The Hall–Kier alpha value is -2.29. The molecule has 1 N–H and O–H groups in total. The highest BCUT2D eigenvalue weighted by atomic mass is 16.6. The fourth-order valence-corrected chi connectivity index (χ4v) is 2.12. The zero-order chi connectivity index (χ0) is 15.5. The van der Waals surface area contributed by atoms with E-state index >= 15 is 0 Å². The molecule has 3 heteroatoms. The summed E-state index contributed by atoms with van der Waals surface area (Å²) in [7, 11) is 0. The van der Waals surface area contributed by atoms with Gasteiger partial charge in [0.05, 0.1) is 0 Å². The Morgan fingerprint density at radius 1 is 1.00 bits per heavy atom. The van der Waals surface area contributed by atoms with Gasteiger partial charge in [0.2, 0.25) is 0 Å². The highest BCUT2D eigenvalue weighted by molar-refractivity contribution is 5.88. The molecule has 0 saturated carbocycles. The van der Waals surface area contributed by atoms with Gasteiger partial charge in [0.25, 0.3) is 0 Å². The zero-order valence-corrected chi connectivity index (χ0v) is 12.9. The third-order valence-electron chi connectivity index (χ3n) is 3.05. The summed E-state index contributed by atoms with van der Waals surface area (Å²) in [6, 6.07) is 16.0. The molecule has 0 radical (unpaired) electrons. The average Bonchev–Trinajstić information content (AvgIpc) is 2.40. The zero-order valence-electron chi connectivity index (χ0n) is 12.9. The molecule has 0 heterocycles. The van der Waals surface area contributed by atoms with Gasteiger partial charge >= 0.3 is 6.09 Å². The number of hydrogen-bond acceptors (Lipinski definition) is 2. The van der Waals surface area contributed by atoms with Crippen molar-refractivity contribution in [1.29, 1.82) is 0 Å². The molecule has 0 spiro atoms. The molecule has 2 rings (SSSR count). The molecule has 2 aromatic rings. The third kappa shape index (κ3) is 4.09. The minimum absolute atomic E-state index is 0.434. The van der Waals surface area contributed by atoms with Crippen molar-refractivity contribution in [1.82, 2.24) is 0 Å². The summed E-state index contributed by atoms with van der Waals surface area (Å²) in [6.45, 7) is 7.54. The maximum atomic E-state index is 11.9. The molecule has 0 fully saturated rings. The number of carbonyl (C=O) groups is 1. The normalized spacial score (nSPS) is 11.0. The molecule has 3 nitrogen and oxygen atoms in total. The van der Waals surface area contributed by atoms with Crippen LogP contribution in [0.3, 0.4) is 0 Å². The van der Waals surface area contributed by atoms with Gasteiger partial charge in [-0.15, -0.1) is 0 Å². The first-order valence-electron chi connectivity index (χ1n) is 7.02. The van der Waals surface area contributed by atoms with Crippen LogP contribution in [0, 0.1) is 6.92 Å². The van der Waals surface area contributed by atoms with Gasteiger partial charge in [-0.3, -0.25) is 5.32 Å². The van der Waals surface area contributed by atoms with Gasteiger partial charge in [-0.25, -0.2) is 4.79 Å². The molecule has 0 saturated heterocycles. The minimum Gasteiger partial charge on any atom is -0.444 e. The SMILES string of the molecule is Cc1c(NC(=O)OC(C)(C)C)cccc1-c1ccccc1. The summed E-state index contributed by atoms with van der Waals surface area (Å²) < 4.78 is 5.29. The van der Waals surface area contributed by atoms with Crippen LogP contribution in [0.2, 0.25) is 0 Å². The van der Waals surface area contributed by atoms with E-state index in [1.807, 2.05) is 64.1 Å². The van der Waals surface area contributed by atoms with Crippen LogP contribution in [-0.4, -0.2) is 11.7 Å². The fraction of sp³-hybridized carbons (Fsp3) is 0.278. The van der Waals surface area contributed by atoms with Crippen LogP contribution in [0.15, 0.2) is 48.5 Å². The van der Waals surface area contributed by atoms with E-state index in [2.05, 4.69) is 17.4 Å². The molecule has 0 unspecified atom stereocenters. The van der Waals surface area contributed by atoms with E-state index in [1.54, 1.807) is 0 Å². The second kappa shape index (κ2) is 6.00. The molecular formula is C18H21NO2. The van der Waals surface area contributed by atoms with Crippen LogP contribution < -0.4 is 5.32 Å². The van der Waals surface area contributed by atoms with Crippen molar-refractivity contribution in [3.8, 4) is 11.1 Å². The smallest absolute Gasteiger partial charge is 0.412 e. The third-order valence-corrected chi connectivity index (χ3v) is 3.05. The molecule has 0 aliphatic carbocycles. The van der Waals surface area contributed by atoms with Crippen molar-refractivity contribution in [3.05, 3.63) is 54.1 Å². The highest BCUT2D eigenvalue weighted by Crippen LogP contribution is 2.28. The lowest BCUT2D eigenvalue weighted by Crippen LogP contribution is -2.27. The number of anilines is 1. The average molecular weight is 283 g/mol. The summed E-state index contributed by atoms with van der Waals surface area (Å²) in [6.07, 6.45) is -0.434. The van der Waals surface area contributed by atoms with Crippen LogP contribution >= 0.6 is 0 Å². The van der Waals surface area contributed by atoms with Gasteiger partial charge in [0, 0.05) is 5.69 Å². The van der Waals surface area contributed by atoms with E-state index in [4.69, 9.17) is 4.74 Å². The number of carbonyl (C=O) groups excluding carboxylic acids is 1. The van der Waals surface area contributed by atoms with Gasteiger partial charge in [-0.2, -0.15) is 0 Å². The Bertz CT molecular complexity index is 627. The number of hydrogen-bond donors (Lipinski definition) is 1. The molecule has 0 bridgehead atoms. The molecule has 0 atom stereocenters. The topological polar surface area (TPSA) is 38.3 Å². The molecule has 21 heavy (non-hydrogen) atoms.